The van der Waals surface area contributed by atoms with Crippen molar-refractivity contribution in [3.8, 4) is 0 Å². The van der Waals surface area contributed by atoms with Crippen LogP contribution in [0.5, 0.6) is 0 Å². The quantitative estimate of drug-likeness (QED) is 0.502. The minimum atomic E-state index is 0. The molecule has 20 heavy (non-hydrogen) atoms. The molecule has 2 bridgehead atoms. The molecule has 0 spiro atoms. The van der Waals surface area contributed by atoms with Crippen molar-refractivity contribution in [2.75, 3.05) is 26.2 Å². The van der Waals surface area contributed by atoms with Crippen molar-refractivity contribution in [2.45, 2.75) is 12.8 Å². The Kier molecular flexibility index (Phi) is 4.82. The smallest absolute Gasteiger partial charge is 0.216 e. The van der Waals surface area contributed by atoms with Gasteiger partial charge >= 0.3 is 0 Å². The largest absolute Gasteiger partial charge is 1.00 e. The molecular formula is C15H17Br2NO2. The fourth-order valence-corrected chi connectivity index (χ4v) is 3.57. The van der Waals surface area contributed by atoms with Gasteiger partial charge in [-0.15, -0.1) is 0 Å². The van der Waals surface area contributed by atoms with E-state index in [0.717, 1.165) is 36.0 Å². The number of carbonyl (C=O) groups excluding carboxylic acids is 2. The van der Waals surface area contributed by atoms with Crippen LogP contribution in [0.1, 0.15) is 23.2 Å². The van der Waals surface area contributed by atoms with Crippen molar-refractivity contribution < 1.29 is 31.1 Å². The van der Waals surface area contributed by atoms with E-state index in [1.54, 1.807) is 0 Å². The second-order valence-corrected chi connectivity index (χ2v) is 6.69. The van der Waals surface area contributed by atoms with Gasteiger partial charge in [0.25, 0.3) is 0 Å². The first kappa shape index (κ1) is 15.9. The van der Waals surface area contributed by atoms with E-state index < -0.39 is 0 Å². The molecule has 0 aromatic heterocycles. The summed E-state index contributed by atoms with van der Waals surface area (Å²) in [4.78, 5) is 24.3. The summed E-state index contributed by atoms with van der Waals surface area (Å²) < 4.78 is 1.66. The zero-order valence-electron chi connectivity index (χ0n) is 11.1. The molecule has 3 aliphatic heterocycles. The molecule has 1 aromatic rings. The SMILES string of the molecule is O=C(C[N+]12CCC(CC1)C(=O)C2)c1ccc(Br)cc1.[Br-]. The summed E-state index contributed by atoms with van der Waals surface area (Å²) in [5.41, 5.74) is 0.746. The van der Waals surface area contributed by atoms with Gasteiger partial charge < -0.3 is 21.5 Å². The van der Waals surface area contributed by atoms with Gasteiger partial charge in [-0.25, -0.2) is 0 Å². The van der Waals surface area contributed by atoms with Gasteiger partial charge in [0.15, 0.2) is 5.78 Å². The van der Waals surface area contributed by atoms with Crippen LogP contribution in [-0.2, 0) is 4.79 Å². The molecule has 3 saturated heterocycles. The van der Waals surface area contributed by atoms with Crippen LogP contribution in [0.15, 0.2) is 28.7 Å². The van der Waals surface area contributed by atoms with Crippen LogP contribution in [0.25, 0.3) is 0 Å². The van der Waals surface area contributed by atoms with Crippen molar-refractivity contribution >= 4 is 27.5 Å². The molecule has 3 aliphatic rings. The summed E-state index contributed by atoms with van der Waals surface area (Å²) in [5.74, 6) is 0.796. The van der Waals surface area contributed by atoms with Gasteiger partial charge in [0.05, 0.1) is 13.1 Å². The lowest BCUT2D eigenvalue weighted by Crippen LogP contribution is -3.00. The number of benzene rings is 1. The number of hydrogen-bond acceptors (Lipinski definition) is 2. The van der Waals surface area contributed by atoms with Crippen LogP contribution >= 0.6 is 15.9 Å². The maximum absolute atomic E-state index is 12.4. The topological polar surface area (TPSA) is 34.1 Å². The Balaban J connectivity index is 0.00000147. The maximum Gasteiger partial charge on any atom is 0.216 e. The van der Waals surface area contributed by atoms with Crippen LogP contribution in [0.4, 0.5) is 0 Å². The predicted molar refractivity (Wildman–Crippen MR) is 75.9 cm³/mol. The van der Waals surface area contributed by atoms with Crippen LogP contribution in [-0.4, -0.2) is 42.2 Å². The van der Waals surface area contributed by atoms with Gasteiger partial charge in [0.1, 0.15) is 13.1 Å². The zero-order valence-corrected chi connectivity index (χ0v) is 14.3. The Bertz CT molecular complexity index is 519. The lowest BCUT2D eigenvalue weighted by atomic mass is 9.84. The normalized spacial score (nSPS) is 28.1. The van der Waals surface area contributed by atoms with E-state index in [4.69, 9.17) is 0 Å². The van der Waals surface area contributed by atoms with Crippen LogP contribution in [0, 0.1) is 5.92 Å². The first-order valence-electron chi connectivity index (χ1n) is 6.75. The summed E-state index contributed by atoms with van der Waals surface area (Å²) in [7, 11) is 0. The van der Waals surface area contributed by atoms with Crippen molar-refractivity contribution in [2.24, 2.45) is 5.92 Å². The number of rotatable bonds is 3. The van der Waals surface area contributed by atoms with Gasteiger partial charge in [-0.3, -0.25) is 9.59 Å². The van der Waals surface area contributed by atoms with Gasteiger partial charge in [-0.05, 0) is 12.1 Å². The first-order valence-corrected chi connectivity index (χ1v) is 7.54. The number of Topliss-reactive ketones (excluding diaryl/α,β-unsaturated/α-hetero) is 2. The highest BCUT2D eigenvalue weighted by atomic mass is 79.9. The lowest BCUT2D eigenvalue weighted by Gasteiger charge is -2.47. The number of halogens is 2. The summed E-state index contributed by atoms with van der Waals surface area (Å²) in [6, 6.07) is 7.48. The van der Waals surface area contributed by atoms with E-state index in [2.05, 4.69) is 15.9 Å². The Morgan fingerprint density at radius 3 is 2.35 bits per heavy atom. The fraction of sp³-hybridized carbons (Fsp3) is 0.467. The second kappa shape index (κ2) is 6.08. The number of hydrogen-bond donors (Lipinski definition) is 0. The Morgan fingerprint density at radius 1 is 1.20 bits per heavy atom. The van der Waals surface area contributed by atoms with Gasteiger partial charge in [0, 0.05) is 28.8 Å². The van der Waals surface area contributed by atoms with Crippen LogP contribution < -0.4 is 17.0 Å². The first-order chi connectivity index (χ1) is 9.08. The molecule has 3 fully saturated rings. The maximum atomic E-state index is 12.4. The number of quaternary nitrogens is 1. The van der Waals surface area contributed by atoms with E-state index in [1.807, 2.05) is 24.3 Å². The molecule has 0 unspecified atom stereocenters. The molecule has 5 heteroatoms. The highest BCUT2D eigenvalue weighted by Gasteiger charge is 2.45. The van der Waals surface area contributed by atoms with E-state index in [1.165, 1.54) is 0 Å². The highest BCUT2D eigenvalue weighted by Crippen LogP contribution is 2.31. The number of carbonyl (C=O) groups is 2. The Hall–Kier alpha value is -0.520. The predicted octanol–water partition coefficient (Wildman–Crippen LogP) is -0.555. The Labute approximate surface area is 137 Å². The summed E-state index contributed by atoms with van der Waals surface area (Å²) in [6.45, 7) is 3.00. The van der Waals surface area contributed by atoms with Crippen molar-refractivity contribution in [1.82, 2.24) is 0 Å². The third-order valence-corrected chi connectivity index (χ3v) is 5.02. The standard InChI is InChI=1S/C15H17BrNO2.BrH/c16-13-3-1-11(2-4-13)14(18)9-17-7-5-12(6-8-17)15(19)10-17;/h1-4,12H,5-10H2;1H/q+1;/p-1. The molecule has 3 heterocycles. The highest BCUT2D eigenvalue weighted by molar-refractivity contribution is 9.10. The minimum Gasteiger partial charge on any atom is -1.00 e. The van der Waals surface area contributed by atoms with E-state index >= 15 is 0 Å². The van der Waals surface area contributed by atoms with E-state index in [0.29, 0.717) is 23.4 Å². The molecule has 0 N–H and O–H groups in total. The van der Waals surface area contributed by atoms with Crippen LogP contribution in [0.2, 0.25) is 0 Å². The van der Waals surface area contributed by atoms with Gasteiger partial charge in [-0.1, -0.05) is 28.1 Å². The minimum absolute atomic E-state index is 0. The lowest BCUT2D eigenvalue weighted by molar-refractivity contribution is -0.923. The molecule has 1 aromatic carbocycles. The molecular weight excluding hydrogens is 386 g/mol. The monoisotopic (exact) mass is 401 g/mol. The van der Waals surface area contributed by atoms with Crippen molar-refractivity contribution in [3.63, 3.8) is 0 Å². The number of piperidine rings is 3. The van der Waals surface area contributed by atoms with Gasteiger partial charge in [0.2, 0.25) is 5.78 Å². The van der Waals surface area contributed by atoms with Crippen LogP contribution in [0.3, 0.4) is 0 Å². The molecule has 0 amide bonds. The molecule has 3 nitrogen and oxygen atoms in total. The summed E-state index contributed by atoms with van der Waals surface area (Å²) in [6.07, 6.45) is 1.93. The third kappa shape index (κ3) is 3.05. The Morgan fingerprint density at radius 2 is 1.80 bits per heavy atom. The van der Waals surface area contributed by atoms with E-state index in [9.17, 15) is 9.59 Å². The molecule has 0 aliphatic carbocycles. The summed E-state index contributed by atoms with van der Waals surface area (Å²) >= 11 is 3.37. The second-order valence-electron chi connectivity index (χ2n) is 5.78. The van der Waals surface area contributed by atoms with Crippen molar-refractivity contribution in [3.05, 3.63) is 34.3 Å². The van der Waals surface area contributed by atoms with Gasteiger partial charge in [-0.2, -0.15) is 0 Å². The third-order valence-electron chi connectivity index (χ3n) is 4.50. The fourth-order valence-electron chi connectivity index (χ4n) is 3.30. The summed E-state index contributed by atoms with van der Waals surface area (Å²) in [5, 5.41) is 0. The molecule has 108 valence electrons. The molecule has 0 atom stereocenters. The number of nitrogens with zero attached hydrogens (tertiary/aromatic N) is 1. The average Bonchev–Trinajstić information content (AvgIpc) is 2.40. The average molecular weight is 403 g/mol. The molecule has 4 rings (SSSR count). The number of ketones is 2. The zero-order chi connectivity index (χ0) is 13.5. The molecule has 0 radical (unpaired) electrons. The number of fused-ring (bicyclic) bond motifs is 3. The molecule has 0 saturated carbocycles. The van der Waals surface area contributed by atoms with E-state index in [-0.39, 0.29) is 28.7 Å². The van der Waals surface area contributed by atoms with Crippen molar-refractivity contribution in [1.29, 1.82) is 0 Å².